The third-order valence-electron chi connectivity index (χ3n) is 4.88. The summed E-state index contributed by atoms with van der Waals surface area (Å²) >= 11 is -1.50. The molecule has 28 heavy (non-hydrogen) atoms. The summed E-state index contributed by atoms with van der Waals surface area (Å²) in [5, 5.41) is 2.95. The van der Waals surface area contributed by atoms with Gasteiger partial charge in [-0.15, -0.1) is 0 Å². The molecule has 4 aromatic rings. The van der Waals surface area contributed by atoms with Crippen LogP contribution in [-0.2, 0) is 0 Å². The van der Waals surface area contributed by atoms with E-state index in [1.807, 2.05) is 0 Å². The number of hydrogen-bond donors (Lipinski definition) is 0. The third kappa shape index (κ3) is 4.30. The topological polar surface area (TPSA) is 0 Å². The second-order valence-corrected chi connectivity index (χ2v) is 15.5. The standard InChI is InChI=1S/C26H24AsP/c1-22(27(23-14-6-2-7-15-23)24-16-8-3-9-17-24)28(25-18-10-4-11-19-25)26-20-12-5-13-21-26/h2-22H,1H3. The zero-order valence-corrected chi connectivity index (χ0v) is 18.8. The van der Waals surface area contributed by atoms with Gasteiger partial charge in [0, 0.05) is 0 Å². The van der Waals surface area contributed by atoms with Gasteiger partial charge in [0.25, 0.3) is 0 Å². The molecule has 2 heteroatoms. The van der Waals surface area contributed by atoms with E-state index in [0.717, 1.165) is 0 Å². The van der Waals surface area contributed by atoms with Gasteiger partial charge in [-0.05, 0) is 0 Å². The van der Waals surface area contributed by atoms with Crippen LogP contribution in [0.4, 0.5) is 0 Å². The van der Waals surface area contributed by atoms with Crippen molar-refractivity contribution in [3.8, 4) is 0 Å². The molecule has 0 aliphatic rings. The molecule has 138 valence electrons. The molecule has 1 unspecified atom stereocenters. The molecule has 0 aliphatic carbocycles. The Morgan fingerprint density at radius 3 is 1.18 bits per heavy atom. The van der Waals surface area contributed by atoms with E-state index in [1.54, 1.807) is 0 Å². The normalized spacial score (nSPS) is 12.2. The van der Waals surface area contributed by atoms with Gasteiger partial charge in [-0.1, -0.05) is 0 Å². The molecule has 0 radical (unpaired) electrons. The van der Waals surface area contributed by atoms with E-state index in [1.165, 1.54) is 19.3 Å². The van der Waals surface area contributed by atoms with Crippen LogP contribution in [0.2, 0.25) is 0 Å². The molecule has 4 rings (SSSR count). The Kier molecular flexibility index (Phi) is 6.43. The Balaban J connectivity index is 1.84. The summed E-state index contributed by atoms with van der Waals surface area (Å²) in [4.78, 5) is 0. The zero-order valence-electron chi connectivity index (χ0n) is 16.0. The van der Waals surface area contributed by atoms with Crippen LogP contribution in [0.15, 0.2) is 121 Å². The molecule has 0 bridgehead atoms. The first-order chi connectivity index (χ1) is 13.8. The second-order valence-electron chi connectivity index (χ2n) is 6.71. The first-order valence-corrected chi connectivity index (χ1v) is 14.0. The first-order valence-electron chi connectivity index (χ1n) is 9.63. The Bertz CT molecular complexity index is 810. The van der Waals surface area contributed by atoms with Gasteiger partial charge in [0.05, 0.1) is 0 Å². The number of hydrogen-bond acceptors (Lipinski definition) is 0. The van der Waals surface area contributed by atoms with Crippen molar-refractivity contribution in [3.05, 3.63) is 121 Å². The monoisotopic (exact) mass is 442 g/mol. The van der Waals surface area contributed by atoms with Crippen LogP contribution in [0, 0.1) is 0 Å². The fraction of sp³-hybridized carbons (Fsp3) is 0.0769. The van der Waals surface area contributed by atoms with Crippen molar-refractivity contribution < 1.29 is 0 Å². The predicted molar refractivity (Wildman–Crippen MR) is 126 cm³/mol. The molecule has 0 aromatic heterocycles. The summed E-state index contributed by atoms with van der Waals surface area (Å²) in [5.74, 6) is 0. The van der Waals surface area contributed by atoms with E-state index < -0.39 is 22.6 Å². The SMILES string of the molecule is CC(P(c1ccccc1)c1ccccc1)[As](c1ccccc1)c1ccccc1. The zero-order chi connectivity index (χ0) is 19.2. The molecule has 0 saturated carbocycles. The van der Waals surface area contributed by atoms with Crippen LogP contribution < -0.4 is 19.3 Å². The van der Waals surface area contributed by atoms with Crippen LogP contribution in [0.1, 0.15) is 6.92 Å². The van der Waals surface area contributed by atoms with E-state index in [-0.39, 0.29) is 0 Å². The van der Waals surface area contributed by atoms with E-state index >= 15 is 0 Å². The maximum atomic E-state index is 2.49. The second kappa shape index (κ2) is 9.38. The average Bonchev–Trinajstić information content (AvgIpc) is 2.77. The quantitative estimate of drug-likeness (QED) is 0.308. The van der Waals surface area contributed by atoms with Gasteiger partial charge < -0.3 is 0 Å². The van der Waals surface area contributed by atoms with Gasteiger partial charge in [-0.25, -0.2) is 0 Å². The number of benzene rings is 4. The Labute approximate surface area is 174 Å². The summed E-state index contributed by atoms with van der Waals surface area (Å²) < 4.78 is 3.68. The summed E-state index contributed by atoms with van der Waals surface area (Å²) in [5.41, 5.74) is 0. The predicted octanol–water partition coefficient (Wildman–Crippen LogP) is 4.36. The van der Waals surface area contributed by atoms with Crippen molar-refractivity contribution in [1.29, 1.82) is 0 Å². The Hall–Kier alpha value is -2.13. The van der Waals surface area contributed by atoms with Crippen molar-refractivity contribution in [2.45, 2.75) is 11.4 Å². The fourth-order valence-corrected chi connectivity index (χ4v) is 15.0. The van der Waals surface area contributed by atoms with Gasteiger partial charge in [-0.3, -0.25) is 0 Å². The molecule has 0 aliphatic heterocycles. The van der Waals surface area contributed by atoms with Crippen LogP contribution in [0.25, 0.3) is 0 Å². The molecule has 0 spiro atoms. The van der Waals surface area contributed by atoms with Crippen molar-refractivity contribution in [2.24, 2.45) is 0 Å². The van der Waals surface area contributed by atoms with E-state index in [2.05, 4.69) is 128 Å². The molecule has 0 heterocycles. The third-order valence-corrected chi connectivity index (χ3v) is 15.1. The van der Waals surface area contributed by atoms with Gasteiger partial charge in [0.1, 0.15) is 0 Å². The van der Waals surface area contributed by atoms with Crippen LogP contribution in [0.5, 0.6) is 0 Å². The van der Waals surface area contributed by atoms with Crippen LogP contribution in [0.3, 0.4) is 0 Å². The Morgan fingerprint density at radius 1 is 0.500 bits per heavy atom. The van der Waals surface area contributed by atoms with Crippen LogP contribution in [-0.4, -0.2) is 19.1 Å². The fourth-order valence-electron chi connectivity index (χ4n) is 3.63. The first kappa shape index (κ1) is 19.2. The number of rotatable bonds is 6. The van der Waals surface area contributed by atoms with Gasteiger partial charge in [0.2, 0.25) is 0 Å². The van der Waals surface area contributed by atoms with E-state index in [9.17, 15) is 0 Å². The summed E-state index contributed by atoms with van der Waals surface area (Å²) in [7, 11) is -0.434. The summed E-state index contributed by atoms with van der Waals surface area (Å²) in [6, 6.07) is 44.6. The van der Waals surface area contributed by atoms with Crippen molar-refractivity contribution in [2.75, 3.05) is 0 Å². The minimum atomic E-state index is -1.50. The molecule has 0 N–H and O–H groups in total. The van der Waals surface area contributed by atoms with E-state index in [0.29, 0.717) is 4.45 Å². The summed E-state index contributed by atoms with van der Waals surface area (Å²) in [6.45, 7) is 2.49. The molecule has 0 saturated heterocycles. The molecular formula is C26H24AsP. The van der Waals surface area contributed by atoms with Crippen molar-refractivity contribution in [3.63, 3.8) is 0 Å². The van der Waals surface area contributed by atoms with Gasteiger partial charge in [0.15, 0.2) is 0 Å². The average molecular weight is 442 g/mol. The van der Waals surface area contributed by atoms with E-state index in [4.69, 9.17) is 0 Å². The molecule has 4 aromatic carbocycles. The molecule has 0 amide bonds. The minimum absolute atomic E-state index is 0.434. The van der Waals surface area contributed by atoms with Gasteiger partial charge in [-0.2, -0.15) is 0 Å². The maximum absolute atomic E-state index is 2.49. The molecular weight excluding hydrogens is 418 g/mol. The molecule has 0 fully saturated rings. The van der Waals surface area contributed by atoms with Crippen molar-refractivity contribution >= 4 is 41.9 Å². The van der Waals surface area contributed by atoms with Crippen LogP contribution >= 0.6 is 7.92 Å². The van der Waals surface area contributed by atoms with Gasteiger partial charge >= 0.3 is 175 Å². The molecule has 0 nitrogen and oxygen atoms in total. The molecule has 1 atom stereocenters. The summed E-state index contributed by atoms with van der Waals surface area (Å²) in [6.07, 6.45) is 0. The van der Waals surface area contributed by atoms with Crippen molar-refractivity contribution in [1.82, 2.24) is 0 Å². The Morgan fingerprint density at radius 2 is 0.821 bits per heavy atom.